The van der Waals surface area contributed by atoms with E-state index in [2.05, 4.69) is 85.1 Å². The Morgan fingerprint density at radius 2 is 0.927 bits per heavy atom. The number of likely N-dealkylation sites (tertiary alicyclic amines) is 4. The van der Waals surface area contributed by atoms with Gasteiger partial charge in [0.25, 0.3) is 6.47 Å². The van der Waals surface area contributed by atoms with Crippen molar-refractivity contribution in [2.24, 2.45) is 5.73 Å². The van der Waals surface area contributed by atoms with E-state index < -0.39 is 23.9 Å². The summed E-state index contributed by atoms with van der Waals surface area (Å²) in [5.74, 6) is -1.51. The molecule has 8 N–H and O–H groups in total. The van der Waals surface area contributed by atoms with Crippen LogP contribution < -0.4 is 103 Å². The molecule has 7 aromatic rings. The number of nitrogens with two attached hydrogens (primary N) is 2. The standard InChI is InChI=1S/C14H19ClN4O3.C14H18N4O3.C13H18ClN3O2.C11H14N4O.C8H13NO3.C5H5ClN2.C4H6O4.C2H3BO2.CHIS.CH2O3.CH4.2ClH.2Na/c1-2-22-14(21)18-8-5-10(6-9-18)19(13(16)20)11-4-3-7-17-12(11)15;1-2-21-14(20)17-8-5-10(6-9-17)18-11-4-3-7-15-12(11)16-13(18)19;1-2-19-13(18)17-8-5-10(6-9-17)16-11-4-3-7-15-12(11)14;16-11-14-10-9(2-1-5-13-10)15(11)8-3-6-12-7-4-8;1-2-12-8(11)9-5-3-7(10)4-6-9;6-5-4(7)2-1-3-8-5;1-3(5)7-8-4(2)6;1-2(4)5-3;2-1-3;2-1-4-3;;;;;/h3-4,7,10H,2,5-6,8-9H2,1H3,(H2,16,20);3-4,7,10H,2,5-6,8-9H2,1H3,(H,15,16,19);3-4,7,10,16H,2,5-6,8-9H2,1H3;1-2,5,8,12H,3-4,6-7H2,(H,13,14,16);2-6H2,1H3;1-3H,7H2;1-2H3;1H3;1H;1,3H;1H4;2*1H;;/q;;;;;;;-1;;;;;;2*+1/p-1. The van der Waals surface area contributed by atoms with Crippen molar-refractivity contribution in [2.45, 2.75) is 144 Å². The number of rotatable bonds is 11. The summed E-state index contributed by atoms with van der Waals surface area (Å²) in [5.41, 5.74) is 15.5. The van der Waals surface area contributed by atoms with E-state index in [1.165, 1.54) is 11.8 Å². The predicted molar refractivity (Wildman–Crippen MR) is 470 cm³/mol. The van der Waals surface area contributed by atoms with Crippen LogP contribution in [0.2, 0.25) is 15.5 Å². The van der Waals surface area contributed by atoms with Gasteiger partial charge in [-0.15, -0.1) is 24.8 Å². The van der Waals surface area contributed by atoms with Gasteiger partial charge >= 0.3 is 113 Å². The number of ether oxygens (including phenoxy) is 4. The van der Waals surface area contributed by atoms with Gasteiger partial charge in [-0.05, 0) is 175 Å². The topological polar surface area (TPSA) is 500 Å². The van der Waals surface area contributed by atoms with Crippen molar-refractivity contribution in [2.75, 3.05) is 108 Å². The first kappa shape index (κ1) is 119. The van der Waals surface area contributed by atoms with E-state index in [0.29, 0.717) is 150 Å². The van der Waals surface area contributed by atoms with Gasteiger partial charge in [-0.3, -0.25) is 38.4 Å². The molecule has 0 unspecified atom stereocenters. The Morgan fingerprint density at radius 3 is 1.28 bits per heavy atom. The van der Waals surface area contributed by atoms with Gasteiger partial charge in [-0.2, -0.15) is 0 Å². The van der Waals surface area contributed by atoms with Crippen LogP contribution in [-0.2, 0) is 62.2 Å². The number of hydrogen-bond acceptors (Lipinski definition) is 30. The Hall–Kier alpha value is -7.96. The molecule has 0 atom stereocenters. The maximum absolute atomic E-state index is 12.1. The number of hydrogen-bond donors (Lipinski definition) is 6. The van der Waals surface area contributed by atoms with Crippen LogP contribution in [0.5, 0.6) is 0 Å². The van der Waals surface area contributed by atoms with E-state index in [9.17, 15) is 52.7 Å². The number of carbonyl (C=O) groups excluding carboxylic acids is 10. The third kappa shape index (κ3) is 44.7. The zero-order valence-corrected chi connectivity index (χ0v) is 79.9. The summed E-state index contributed by atoms with van der Waals surface area (Å²) in [5, 5.41) is 16.2. The zero-order valence-electron chi connectivity index (χ0n) is 69.0. The number of ketones is 1. The van der Waals surface area contributed by atoms with Crippen LogP contribution >= 0.6 is 94.4 Å². The van der Waals surface area contributed by atoms with Crippen LogP contribution in [0.15, 0.2) is 101 Å². The van der Waals surface area contributed by atoms with E-state index in [1.807, 2.05) is 70.5 Å². The van der Waals surface area contributed by atoms with E-state index in [4.69, 9.17) is 75.3 Å². The van der Waals surface area contributed by atoms with Crippen molar-refractivity contribution in [3.05, 3.63) is 128 Å². The molecule has 669 valence electrons. The second kappa shape index (κ2) is 68.3. The van der Waals surface area contributed by atoms with Gasteiger partial charge in [0.15, 0.2) is 26.8 Å². The van der Waals surface area contributed by atoms with Crippen LogP contribution in [0.4, 0.5) is 41.0 Å². The van der Waals surface area contributed by atoms with Gasteiger partial charge in [0.05, 0.1) is 54.5 Å². The van der Waals surface area contributed by atoms with Crippen LogP contribution in [0.25, 0.3) is 22.3 Å². The van der Waals surface area contributed by atoms with Gasteiger partial charge in [-0.25, -0.2) is 77.8 Å². The SMILES string of the molecule is C.CC(=O)OOC(C)=O.CCOC(=O)N1CCC(=O)CC1.CCOC(=O)N1CCC(N(C(N)=O)c2cccnc2Cl)CC1.CCOC(=O)N1CCC(Nc2cccnc2Cl)CC1.CCOC(=O)N1CCC(n2c(=O)[nH]c3ncccc32)CC1.Cl.Cl.Nc1cccnc1Cl.O=CO[O-].O=c1[nH]c2ncccc2n1C1CCNCC1.S=CI.[B-]OC(C)=O.[Na+].[Na+]. The van der Waals surface area contributed by atoms with Crippen molar-refractivity contribution >= 4 is 206 Å². The van der Waals surface area contributed by atoms with E-state index in [1.54, 1.807) is 104 Å². The Morgan fingerprint density at radius 1 is 0.577 bits per heavy atom. The van der Waals surface area contributed by atoms with Crippen LogP contribution in [0, 0.1) is 0 Å². The number of aromatic amines is 2. The Bertz CT molecular complexity index is 4370. The van der Waals surface area contributed by atoms with E-state index >= 15 is 0 Å². The van der Waals surface area contributed by atoms with Gasteiger partial charge in [0.2, 0.25) is 5.97 Å². The Balaban J connectivity index is -0.00000135. The predicted octanol–water partition coefficient (Wildman–Crippen LogP) is 4.26. The third-order valence-corrected chi connectivity index (χ3v) is 17.8. The van der Waals surface area contributed by atoms with Crippen molar-refractivity contribution in [1.82, 2.24) is 68.9 Å². The number of primary amides is 1. The first-order chi connectivity index (χ1) is 56.6. The Labute approximate surface area is 804 Å². The number of amides is 6. The molecule has 3 radical (unpaired) electrons. The van der Waals surface area contributed by atoms with E-state index in [-0.39, 0.29) is 157 Å². The number of nitrogen functional groups attached to an aromatic ring is 1. The summed E-state index contributed by atoms with van der Waals surface area (Å²) in [6, 6.07) is 18.1. The number of imidazole rings is 2. The van der Waals surface area contributed by atoms with Gasteiger partial charge in [0.1, 0.15) is 5.78 Å². The number of piperidine rings is 5. The molecule has 5 aliphatic heterocycles. The smallest absolute Gasteiger partial charge is 0.793 e. The summed E-state index contributed by atoms with van der Waals surface area (Å²) in [7, 11) is 4.32. The summed E-state index contributed by atoms with van der Waals surface area (Å²) < 4.78 is 28.5. The summed E-state index contributed by atoms with van der Waals surface area (Å²) >= 11 is 23.8. The fraction of sp³-hybridized carbons (Fsp3) is 0.486. The molecule has 7 aromatic heterocycles. The molecular formula is C74H104BCl5IN18Na2O21S. The summed E-state index contributed by atoms with van der Waals surface area (Å²) in [6.07, 6.45) is 14.4. The average molecular weight is 1970 g/mol. The molecule has 0 aromatic carbocycles. The minimum atomic E-state index is -0.639. The molecule has 0 aliphatic carbocycles. The first-order valence-electron chi connectivity index (χ1n) is 37.0. The number of nitrogens with one attached hydrogen (secondary N) is 4. The largest absolute Gasteiger partial charge is 1.00 e. The molecule has 5 fully saturated rings. The number of carbonyl (C=O) groups is 10. The van der Waals surface area contributed by atoms with Crippen LogP contribution in [0.1, 0.15) is 132 Å². The first-order valence-corrected chi connectivity index (χ1v) is 39.8. The molecule has 12 rings (SSSR count). The molecule has 5 aliphatic rings. The number of pyridine rings is 5. The molecule has 12 heterocycles. The number of urea groups is 1. The fourth-order valence-corrected chi connectivity index (χ4v) is 12.1. The zero-order chi connectivity index (χ0) is 87.5. The molecule has 0 saturated carbocycles. The maximum atomic E-state index is 12.1. The minimum absolute atomic E-state index is 0. The number of thiocarbonyl (C=S) groups is 1. The second-order valence-corrected chi connectivity index (χ2v) is 27.6. The number of Topliss-reactive ketones (excluding diaryl/α,β-unsaturated/α-hetero) is 1. The van der Waals surface area contributed by atoms with Crippen molar-refractivity contribution in [1.29, 1.82) is 0 Å². The average Bonchev–Trinajstić information content (AvgIpc) is 1.64. The number of halogens is 6. The third-order valence-electron chi connectivity index (χ3n) is 16.9. The van der Waals surface area contributed by atoms with E-state index in [0.717, 1.165) is 82.2 Å². The molecular weight excluding hydrogens is 1870 g/mol. The second-order valence-electron chi connectivity index (χ2n) is 24.8. The normalized spacial score (nSPS) is 13.8. The molecule has 0 bridgehead atoms. The number of fused-ring (bicyclic) bond motifs is 2. The van der Waals surface area contributed by atoms with Gasteiger partial charge in [-0.1, -0.05) is 54.4 Å². The molecule has 49 heteroatoms. The van der Waals surface area contributed by atoms with Crippen molar-refractivity contribution in [3.8, 4) is 0 Å². The van der Waals surface area contributed by atoms with Crippen LogP contribution in [0.3, 0.4) is 0 Å². The molecule has 6 amide bonds. The van der Waals surface area contributed by atoms with Crippen LogP contribution in [-0.4, -0.2) is 240 Å². The minimum Gasteiger partial charge on any atom is -0.793 e. The van der Waals surface area contributed by atoms with Gasteiger partial charge < -0.3 is 83.5 Å². The summed E-state index contributed by atoms with van der Waals surface area (Å²) in [6.45, 7) is 18.6. The summed E-state index contributed by atoms with van der Waals surface area (Å²) in [4.78, 5) is 174. The number of H-pyrrole nitrogens is 2. The van der Waals surface area contributed by atoms with Crippen molar-refractivity contribution in [3.63, 3.8) is 0 Å². The molecule has 39 nitrogen and oxygen atoms in total. The monoisotopic (exact) mass is 1970 g/mol. The maximum Gasteiger partial charge on any atom is 1.00 e. The molecule has 123 heavy (non-hydrogen) atoms. The fourth-order valence-electron chi connectivity index (χ4n) is 11.6. The number of aromatic nitrogens is 9. The number of anilines is 3. The molecule has 0 spiro atoms. The molecule has 5 saturated heterocycles. The van der Waals surface area contributed by atoms with Gasteiger partial charge in [0, 0.05) is 144 Å². The van der Waals surface area contributed by atoms with Crippen molar-refractivity contribution < 1.29 is 151 Å². The number of nitrogens with zero attached hydrogens (tertiary/aromatic N) is 12. The Kier molecular flexibility index (Phi) is 66.2. The quantitative estimate of drug-likeness (QED) is 0.0121.